The Morgan fingerprint density at radius 3 is 2.63 bits per heavy atom. The number of rotatable bonds is 2. The van der Waals surface area contributed by atoms with Gasteiger partial charge in [-0.3, -0.25) is 0 Å². The topological polar surface area (TPSA) is 44.5 Å². The predicted octanol–water partition coefficient (Wildman–Crippen LogP) is 3.72. The Balaban J connectivity index is 2.00. The lowest BCUT2D eigenvalue weighted by Crippen LogP contribution is -2.12. The first-order valence-corrected chi connectivity index (χ1v) is 7.86. The minimum Gasteiger partial charge on any atom is -0.490 e. The van der Waals surface area contributed by atoms with E-state index in [2.05, 4.69) is 21.3 Å². The number of nitrogens with two attached hydrogens (primary N) is 1. The normalized spacial score (nSPS) is 15.9. The minimum absolute atomic E-state index is 0.155. The molecule has 0 fully saturated rings. The molecule has 0 saturated carbocycles. The summed E-state index contributed by atoms with van der Waals surface area (Å²) in [5.74, 6) is 1.56. The van der Waals surface area contributed by atoms with Crippen molar-refractivity contribution in [3.63, 3.8) is 0 Å². The molecular formula is C14H14BrNO2S. The van der Waals surface area contributed by atoms with Crippen LogP contribution < -0.4 is 15.2 Å². The van der Waals surface area contributed by atoms with Crippen LogP contribution in [0.5, 0.6) is 11.5 Å². The number of ether oxygens (including phenoxy) is 2. The summed E-state index contributed by atoms with van der Waals surface area (Å²) in [6.07, 6.45) is 0.901. The number of thiophene rings is 1. The molecule has 1 atom stereocenters. The second-order valence-corrected chi connectivity index (χ2v) is 6.04. The zero-order valence-electron chi connectivity index (χ0n) is 10.3. The molecule has 1 aliphatic heterocycles. The van der Waals surface area contributed by atoms with E-state index in [4.69, 9.17) is 15.2 Å². The molecule has 0 aliphatic carbocycles. The van der Waals surface area contributed by atoms with Gasteiger partial charge in [0.15, 0.2) is 11.5 Å². The minimum atomic E-state index is -0.155. The Morgan fingerprint density at radius 1 is 1.21 bits per heavy atom. The van der Waals surface area contributed by atoms with Gasteiger partial charge in [0.2, 0.25) is 0 Å². The average Bonchev–Trinajstić information content (AvgIpc) is 2.84. The number of hydrogen-bond donors (Lipinski definition) is 1. The van der Waals surface area contributed by atoms with Gasteiger partial charge < -0.3 is 15.2 Å². The van der Waals surface area contributed by atoms with Crippen molar-refractivity contribution < 1.29 is 9.47 Å². The molecule has 3 rings (SSSR count). The highest BCUT2D eigenvalue weighted by Gasteiger charge is 2.18. The molecule has 19 heavy (non-hydrogen) atoms. The van der Waals surface area contributed by atoms with Crippen LogP contribution in [0, 0.1) is 0 Å². The average molecular weight is 340 g/mol. The van der Waals surface area contributed by atoms with E-state index in [1.807, 2.05) is 23.6 Å². The van der Waals surface area contributed by atoms with Gasteiger partial charge in [-0.25, -0.2) is 0 Å². The highest BCUT2D eigenvalue weighted by Crippen LogP contribution is 2.38. The summed E-state index contributed by atoms with van der Waals surface area (Å²) < 4.78 is 12.3. The van der Waals surface area contributed by atoms with Crippen molar-refractivity contribution in [3.8, 4) is 11.5 Å². The van der Waals surface area contributed by atoms with Gasteiger partial charge in [-0.15, -0.1) is 0 Å². The molecule has 3 nitrogen and oxygen atoms in total. The van der Waals surface area contributed by atoms with Crippen LogP contribution in [0.1, 0.15) is 23.6 Å². The van der Waals surface area contributed by atoms with Crippen molar-refractivity contribution in [3.05, 3.63) is 44.6 Å². The maximum atomic E-state index is 6.31. The molecule has 0 saturated heterocycles. The SMILES string of the molecule is NC(c1ccsc1)c1cc2c(cc1Br)OCCCO2. The second-order valence-electron chi connectivity index (χ2n) is 4.41. The summed E-state index contributed by atoms with van der Waals surface area (Å²) in [5, 5.41) is 4.10. The summed E-state index contributed by atoms with van der Waals surface area (Å²) in [5.41, 5.74) is 8.44. The van der Waals surface area contributed by atoms with Crippen LogP contribution in [-0.4, -0.2) is 13.2 Å². The lowest BCUT2D eigenvalue weighted by molar-refractivity contribution is 0.297. The van der Waals surface area contributed by atoms with E-state index >= 15 is 0 Å². The number of hydrogen-bond acceptors (Lipinski definition) is 4. The second kappa shape index (κ2) is 5.53. The maximum absolute atomic E-state index is 6.31. The van der Waals surface area contributed by atoms with Gasteiger partial charge in [-0.05, 0) is 40.1 Å². The first-order chi connectivity index (χ1) is 9.25. The van der Waals surface area contributed by atoms with Gasteiger partial charge in [0.1, 0.15) is 0 Å². The van der Waals surface area contributed by atoms with Crippen LogP contribution in [0.15, 0.2) is 33.4 Å². The van der Waals surface area contributed by atoms with Crippen molar-refractivity contribution in [1.82, 2.24) is 0 Å². The Morgan fingerprint density at radius 2 is 1.95 bits per heavy atom. The fraction of sp³-hybridized carbons (Fsp3) is 0.286. The molecule has 0 bridgehead atoms. The van der Waals surface area contributed by atoms with Gasteiger partial charge in [0.05, 0.1) is 19.3 Å². The van der Waals surface area contributed by atoms with Gasteiger partial charge in [-0.1, -0.05) is 15.9 Å². The van der Waals surface area contributed by atoms with E-state index in [9.17, 15) is 0 Å². The summed E-state index contributed by atoms with van der Waals surface area (Å²) in [7, 11) is 0. The zero-order chi connectivity index (χ0) is 13.2. The lowest BCUT2D eigenvalue weighted by atomic mass is 10.0. The smallest absolute Gasteiger partial charge is 0.162 e. The van der Waals surface area contributed by atoms with Crippen molar-refractivity contribution in [1.29, 1.82) is 0 Å². The molecule has 2 heterocycles. The molecule has 1 unspecified atom stereocenters. The largest absolute Gasteiger partial charge is 0.490 e. The predicted molar refractivity (Wildman–Crippen MR) is 80.1 cm³/mol. The molecule has 0 radical (unpaired) electrons. The van der Waals surface area contributed by atoms with Crippen LogP contribution >= 0.6 is 27.3 Å². The monoisotopic (exact) mass is 339 g/mol. The quantitative estimate of drug-likeness (QED) is 0.906. The first-order valence-electron chi connectivity index (χ1n) is 6.12. The molecule has 1 aliphatic rings. The van der Waals surface area contributed by atoms with E-state index in [0.29, 0.717) is 13.2 Å². The van der Waals surface area contributed by atoms with E-state index in [1.54, 1.807) is 11.3 Å². The molecular weight excluding hydrogens is 326 g/mol. The first kappa shape index (κ1) is 13.0. The van der Waals surface area contributed by atoms with E-state index in [1.165, 1.54) is 0 Å². The summed E-state index contributed by atoms with van der Waals surface area (Å²) >= 11 is 5.22. The van der Waals surface area contributed by atoms with E-state index < -0.39 is 0 Å². The third-order valence-corrected chi connectivity index (χ3v) is 4.49. The van der Waals surface area contributed by atoms with Gasteiger partial charge >= 0.3 is 0 Å². The fourth-order valence-corrected chi connectivity index (χ4v) is 3.34. The molecule has 5 heteroatoms. The van der Waals surface area contributed by atoms with Crippen molar-refractivity contribution in [2.24, 2.45) is 5.73 Å². The third kappa shape index (κ3) is 2.63. The Bertz CT molecular complexity index is 571. The molecule has 1 aromatic carbocycles. The van der Waals surface area contributed by atoms with Crippen LogP contribution in [0.3, 0.4) is 0 Å². The van der Waals surface area contributed by atoms with Crippen LogP contribution in [-0.2, 0) is 0 Å². The number of halogens is 1. The van der Waals surface area contributed by atoms with Crippen LogP contribution in [0.4, 0.5) is 0 Å². The summed E-state index contributed by atoms with van der Waals surface area (Å²) in [6, 6.07) is 5.82. The van der Waals surface area contributed by atoms with Crippen LogP contribution in [0.2, 0.25) is 0 Å². The lowest BCUT2D eigenvalue weighted by Gasteiger charge is -2.16. The zero-order valence-corrected chi connectivity index (χ0v) is 12.7. The molecule has 2 aromatic rings. The molecule has 1 aromatic heterocycles. The molecule has 0 spiro atoms. The highest BCUT2D eigenvalue weighted by molar-refractivity contribution is 9.10. The standard InChI is InChI=1S/C14H14BrNO2S/c15-11-7-13-12(17-3-1-4-18-13)6-10(11)14(16)9-2-5-19-8-9/h2,5-8,14H,1,3-4,16H2. The Labute approximate surface area is 124 Å². The molecule has 100 valence electrons. The van der Waals surface area contributed by atoms with Crippen molar-refractivity contribution >= 4 is 27.3 Å². The third-order valence-electron chi connectivity index (χ3n) is 3.10. The number of benzene rings is 1. The van der Waals surface area contributed by atoms with Crippen LogP contribution in [0.25, 0.3) is 0 Å². The Kier molecular flexibility index (Phi) is 3.77. The highest BCUT2D eigenvalue weighted by atomic mass is 79.9. The number of fused-ring (bicyclic) bond motifs is 1. The van der Waals surface area contributed by atoms with E-state index in [-0.39, 0.29) is 6.04 Å². The summed E-state index contributed by atoms with van der Waals surface area (Å²) in [4.78, 5) is 0. The van der Waals surface area contributed by atoms with Gasteiger partial charge in [0, 0.05) is 10.9 Å². The molecule has 0 amide bonds. The summed E-state index contributed by atoms with van der Waals surface area (Å²) in [6.45, 7) is 1.37. The van der Waals surface area contributed by atoms with Gasteiger partial charge in [-0.2, -0.15) is 11.3 Å². The van der Waals surface area contributed by atoms with Gasteiger partial charge in [0.25, 0.3) is 0 Å². The van der Waals surface area contributed by atoms with E-state index in [0.717, 1.165) is 33.5 Å². The Hall–Kier alpha value is -1.04. The maximum Gasteiger partial charge on any atom is 0.162 e. The van der Waals surface area contributed by atoms with Crippen molar-refractivity contribution in [2.45, 2.75) is 12.5 Å². The van der Waals surface area contributed by atoms with Crippen molar-refractivity contribution in [2.75, 3.05) is 13.2 Å². The molecule has 2 N–H and O–H groups in total. The fourth-order valence-electron chi connectivity index (χ4n) is 2.07.